The molecule has 1 aromatic carbocycles. The number of amides is 1. The molecular formula is C18H24N2O2S. The van der Waals surface area contributed by atoms with Gasteiger partial charge in [0.2, 0.25) is 5.91 Å². The first-order valence-electron chi connectivity index (χ1n) is 8.51. The molecular weight excluding hydrogens is 308 g/mol. The van der Waals surface area contributed by atoms with Crippen molar-refractivity contribution in [3.8, 4) is 0 Å². The van der Waals surface area contributed by atoms with E-state index in [9.17, 15) is 9.90 Å². The number of aliphatic hydroxyl groups is 1. The van der Waals surface area contributed by atoms with Crippen LogP contribution in [0.5, 0.6) is 0 Å². The van der Waals surface area contributed by atoms with E-state index in [2.05, 4.69) is 16.4 Å². The summed E-state index contributed by atoms with van der Waals surface area (Å²) < 4.78 is 1.21. The van der Waals surface area contributed by atoms with Crippen molar-refractivity contribution < 1.29 is 9.90 Å². The first kappa shape index (κ1) is 16.4. The number of rotatable bonds is 6. The van der Waals surface area contributed by atoms with Gasteiger partial charge in [-0.2, -0.15) is 0 Å². The highest BCUT2D eigenvalue weighted by molar-refractivity contribution is 7.18. The number of aliphatic hydroxyl groups excluding tert-OH is 1. The van der Waals surface area contributed by atoms with E-state index in [1.54, 1.807) is 11.3 Å². The molecule has 1 aliphatic rings. The summed E-state index contributed by atoms with van der Waals surface area (Å²) in [6.07, 6.45) is 6.53. The van der Waals surface area contributed by atoms with E-state index in [0.29, 0.717) is 6.42 Å². The Morgan fingerprint density at radius 2 is 2.13 bits per heavy atom. The molecule has 1 aliphatic carbocycles. The number of aromatic nitrogens is 1. The maximum atomic E-state index is 12.1. The maximum absolute atomic E-state index is 12.1. The van der Waals surface area contributed by atoms with Crippen LogP contribution in [0.4, 0.5) is 0 Å². The lowest BCUT2D eigenvalue weighted by Gasteiger charge is -2.30. The number of carbonyl (C=O) groups is 1. The van der Waals surface area contributed by atoms with Gasteiger partial charge in [0.05, 0.1) is 15.2 Å². The normalized spacial score (nSPS) is 21.4. The van der Waals surface area contributed by atoms with Gasteiger partial charge in [-0.25, -0.2) is 4.98 Å². The topological polar surface area (TPSA) is 62.2 Å². The Labute approximate surface area is 140 Å². The van der Waals surface area contributed by atoms with E-state index in [4.69, 9.17) is 0 Å². The standard InChI is InChI=1S/C18H24N2O2S/c21-12-13-6-1-2-7-14(13)19-17(22)10-5-11-18-20-15-8-3-4-9-16(15)23-18/h3-4,8-9,13-14,21H,1-2,5-7,10-12H2,(H,19,22). The van der Waals surface area contributed by atoms with E-state index in [1.165, 1.54) is 4.70 Å². The molecule has 1 aromatic heterocycles. The molecule has 23 heavy (non-hydrogen) atoms. The van der Waals surface area contributed by atoms with E-state index >= 15 is 0 Å². The molecule has 2 aromatic rings. The van der Waals surface area contributed by atoms with Crippen LogP contribution in [0.3, 0.4) is 0 Å². The quantitative estimate of drug-likeness (QED) is 0.853. The zero-order valence-electron chi connectivity index (χ0n) is 13.3. The minimum absolute atomic E-state index is 0.108. The average Bonchev–Trinajstić information content (AvgIpc) is 2.98. The molecule has 2 unspecified atom stereocenters. The molecule has 1 fully saturated rings. The van der Waals surface area contributed by atoms with Gasteiger partial charge in [-0.3, -0.25) is 4.79 Å². The number of fused-ring (bicyclic) bond motifs is 1. The molecule has 0 radical (unpaired) electrons. The Hall–Kier alpha value is -1.46. The van der Waals surface area contributed by atoms with Gasteiger partial charge in [0.1, 0.15) is 0 Å². The van der Waals surface area contributed by atoms with Crippen molar-refractivity contribution in [3.05, 3.63) is 29.3 Å². The van der Waals surface area contributed by atoms with Crippen LogP contribution in [-0.2, 0) is 11.2 Å². The SMILES string of the molecule is O=C(CCCc1nc2ccccc2s1)NC1CCCCC1CO. The molecule has 3 rings (SSSR count). The summed E-state index contributed by atoms with van der Waals surface area (Å²) in [5.41, 5.74) is 1.05. The molecule has 5 heteroatoms. The lowest BCUT2D eigenvalue weighted by molar-refractivity contribution is -0.122. The molecule has 124 valence electrons. The van der Waals surface area contributed by atoms with E-state index < -0.39 is 0 Å². The van der Waals surface area contributed by atoms with Gasteiger partial charge in [0, 0.05) is 25.0 Å². The van der Waals surface area contributed by atoms with Crippen LogP contribution in [-0.4, -0.2) is 28.6 Å². The Morgan fingerprint density at radius 1 is 1.30 bits per heavy atom. The minimum atomic E-state index is 0.108. The lowest BCUT2D eigenvalue weighted by atomic mass is 9.85. The smallest absolute Gasteiger partial charge is 0.220 e. The summed E-state index contributed by atoms with van der Waals surface area (Å²) in [6, 6.07) is 8.30. The first-order valence-corrected chi connectivity index (χ1v) is 9.32. The zero-order chi connectivity index (χ0) is 16.1. The predicted octanol–water partition coefficient (Wildman–Crippen LogP) is 3.29. The van der Waals surface area contributed by atoms with E-state index in [1.807, 2.05) is 18.2 Å². The van der Waals surface area contributed by atoms with Gasteiger partial charge in [0.25, 0.3) is 0 Å². The lowest BCUT2D eigenvalue weighted by Crippen LogP contribution is -2.43. The number of para-hydroxylation sites is 1. The van der Waals surface area contributed by atoms with E-state index in [0.717, 1.165) is 49.0 Å². The van der Waals surface area contributed by atoms with Crippen molar-refractivity contribution in [1.82, 2.24) is 10.3 Å². The monoisotopic (exact) mass is 332 g/mol. The maximum Gasteiger partial charge on any atom is 0.220 e. The van der Waals surface area contributed by atoms with Crippen molar-refractivity contribution in [2.24, 2.45) is 5.92 Å². The molecule has 1 amide bonds. The van der Waals surface area contributed by atoms with Crippen LogP contribution in [0.15, 0.2) is 24.3 Å². The van der Waals surface area contributed by atoms with Gasteiger partial charge >= 0.3 is 0 Å². The Morgan fingerprint density at radius 3 is 2.96 bits per heavy atom. The number of nitrogens with zero attached hydrogens (tertiary/aromatic N) is 1. The molecule has 2 N–H and O–H groups in total. The molecule has 1 saturated carbocycles. The molecule has 0 spiro atoms. The number of carbonyl (C=O) groups excluding carboxylic acids is 1. The van der Waals surface area contributed by atoms with Gasteiger partial charge in [-0.1, -0.05) is 25.0 Å². The summed E-state index contributed by atoms with van der Waals surface area (Å²) >= 11 is 1.71. The number of nitrogens with one attached hydrogen (secondary N) is 1. The number of benzene rings is 1. The number of aryl methyl sites for hydroxylation is 1. The van der Waals surface area contributed by atoms with E-state index in [-0.39, 0.29) is 24.5 Å². The van der Waals surface area contributed by atoms with Crippen LogP contribution in [0.2, 0.25) is 0 Å². The second kappa shape index (κ2) is 7.88. The largest absolute Gasteiger partial charge is 0.396 e. The van der Waals surface area contributed by atoms with Crippen molar-refractivity contribution in [1.29, 1.82) is 0 Å². The molecule has 0 aliphatic heterocycles. The second-order valence-corrected chi connectivity index (χ2v) is 7.45. The Kier molecular flexibility index (Phi) is 5.62. The van der Waals surface area contributed by atoms with Gasteiger partial charge in [0.15, 0.2) is 0 Å². The average molecular weight is 332 g/mol. The van der Waals surface area contributed by atoms with Crippen molar-refractivity contribution in [2.45, 2.75) is 51.0 Å². The molecule has 1 heterocycles. The van der Waals surface area contributed by atoms with Gasteiger partial charge in [-0.05, 0) is 37.8 Å². The summed E-state index contributed by atoms with van der Waals surface area (Å²) in [6.45, 7) is 0.177. The number of hydrogen-bond donors (Lipinski definition) is 2. The fourth-order valence-electron chi connectivity index (χ4n) is 3.32. The van der Waals surface area contributed by atoms with Crippen molar-refractivity contribution in [2.75, 3.05) is 6.61 Å². The first-order chi connectivity index (χ1) is 11.3. The predicted molar refractivity (Wildman–Crippen MR) is 93.5 cm³/mol. The Balaban J connectivity index is 1.45. The highest BCUT2D eigenvalue weighted by Crippen LogP contribution is 2.25. The number of thiazole rings is 1. The number of hydrogen-bond acceptors (Lipinski definition) is 4. The highest BCUT2D eigenvalue weighted by atomic mass is 32.1. The van der Waals surface area contributed by atoms with Crippen molar-refractivity contribution in [3.63, 3.8) is 0 Å². The van der Waals surface area contributed by atoms with Gasteiger partial charge < -0.3 is 10.4 Å². The third-order valence-electron chi connectivity index (χ3n) is 4.62. The minimum Gasteiger partial charge on any atom is -0.396 e. The third-order valence-corrected chi connectivity index (χ3v) is 5.72. The van der Waals surface area contributed by atoms with Crippen molar-refractivity contribution >= 4 is 27.5 Å². The van der Waals surface area contributed by atoms with Crippen LogP contribution >= 0.6 is 11.3 Å². The molecule has 4 nitrogen and oxygen atoms in total. The summed E-state index contributed by atoms with van der Waals surface area (Å²) in [5.74, 6) is 0.341. The second-order valence-electron chi connectivity index (χ2n) is 6.33. The summed E-state index contributed by atoms with van der Waals surface area (Å²) in [4.78, 5) is 16.7. The molecule has 2 atom stereocenters. The van der Waals surface area contributed by atoms with Crippen LogP contribution in [0, 0.1) is 5.92 Å². The fourth-order valence-corrected chi connectivity index (χ4v) is 4.33. The van der Waals surface area contributed by atoms with Crippen LogP contribution in [0.25, 0.3) is 10.2 Å². The van der Waals surface area contributed by atoms with Crippen LogP contribution in [0.1, 0.15) is 43.5 Å². The fraction of sp³-hybridized carbons (Fsp3) is 0.556. The summed E-state index contributed by atoms with van der Waals surface area (Å²) in [5, 5.41) is 13.6. The summed E-state index contributed by atoms with van der Waals surface area (Å²) in [7, 11) is 0. The Bertz CT molecular complexity index is 622. The molecule has 0 saturated heterocycles. The van der Waals surface area contributed by atoms with Gasteiger partial charge in [-0.15, -0.1) is 11.3 Å². The molecule has 0 bridgehead atoms. The van der Waals surface area contributed by atoms with Crippen LogP contribution < -0.4 is 5.32 Å². The zero-order valence-corrected chi connectivity index (χ0v) is 14.1. The highest BCUT2D eigenvalue weighted by Gasteiger charge is 2.25. The third kappa shape index (κ3) is 4.30.